The molecule has 0 radical (unpaired) electrons. The summed E-state index contributed by atoms with van der Waals surface area (Å²) in [5, 5.41) is 6.36. The molecule has 1 saturated heterocycles. The largest absolute Gasteiger partial charge is 0.325 e. The highest BCUT2D eigenvalue weighted by Gasteiger charge is 2.49. The fraction of sp³-hybridized carbons (Fsp3) is 0.235. The third kappa shape index (κ3) is 2.66. The summed E-state index contributed by atoms with van der Waals surface area (Å²) in [6.07, 6.45) is 0. The molecule has 0 spiro atoms. The SMILES string of the molecule is Cc1ccc(C(=O)CN2C(=O)NC(C)(c3ccsc3)C2=O)cc1. The van der Waals surface area contributed by atoms with E-state index in [-0.39, 0.29) is 12.3 Å². The van der Waals surface area contributed by atoms with Crippen molar-refractivity contribution in [3.63, 3.8) is 0 Å². The first-order valence-electron chi connectivity index (χ1n) is 7.18. The first-order valence-corrected chi connectivity index (χ1v) is 8.13. The van der Waals surface area contributed by atoms with E-state index in [0.29, 0.717) is 5.56 Å². The monoisotopic (exact) mass is 328 g/mol. The van der Waals surface area contributed by atoms with Crippen molar-refractivity contribution in [3.05, 3.63) is 57.8 Å². The first-order chi connectivity index (χ1) is 10.9. The Hall–Kier alpha value is -2.47. The van der Waals surface area contributed by atoms with Crippen molar-refractivity contribution in [2.45, 2.75) is 19.4 Å². The van der Waals surface area contributed by atoms with E-state index in [4.69, 9.17) is 0 Å². The maximum Gasteiger partial charge on any atom is 0.325 e. The van der Waals surface area contributed by atoms with E-state index in [1.807, 2.05) is 29.8 Å². The lowest BCUT2D eigenvalue weighted by Crippen LogP contribution is -2.41. The number of imide groups is 1. The number of thiophene rings is 1. The number of rotatable bonds is 4. The van der Waals surface area contributed by atoms with Gasteiger partial charge in [-0.15, -0.1) is 0 Å². The van der Waals surface area contributed by atoms with Gasteiger partial charge in [0.1, 0.15) is 5.54 Å². The van der Waals surface area contributed by atoms with Crippen LogP contribution < -0.4 is 5.32 Å². The molecule has 23 heavy (non-hydrogen) atoms. The maximum absolute atomic E-state index is 12.7. The van der Waals surface area contributed by atoms with E-state index < -0.39 is 17.5 Å². The minimum Gasteiger partial charge on any atom is -0.319 e. The standard InChI is InChI=1S/C17H16N2O3S/c1-11-3-5-12(6-4-11)14(20)9-19-15(21)17(2,18-16(19)22)13-7-8-23-10-13/h3-8,10H,9H2,1-2H3,(H,18,22). The second kappa shape index (κ2) is 5.62. The molecule has 1 aromatic heterocycles. The number of hydrogen-bond acceptors (Lipinski definition) is 4. The average molecular weight is 328 g/mol. The van der Waals surface area contributed by atoms with E-state index >= 15 is 0 Å². The number of benzene rings is 1. The maximum atomic E-state index is 12.7. The molecule has 0 saturated carbocycles. The van der Waals surface area contributed by atoms with Gasteiger partial charge in [0, 0.05) is 5.56 Å². The molecule has 1 aliphatic rings. The molecule has 1 aliphatic heterocycles. The molecule has 3 amide bonds. The van der Waals surface area contributed by atoms with Crippen LogP contribution in [0.4, 0.5) is 4.79 Å². The van der Waals surface area contributed by atoms with Crippen molar-refractivity contribution < 1.29 is 14.4 Å². The number of aryl methyl sites for hydroxylation is 1. The number of nitrogens with one attached hydrogen (secondary N) is 1. The summed E-state index contributed by atoms with van der Waals surface area (Å²) < 4.78 is 0. The third-order valence-electron chi connectivity index (χ3n) is 4.05. The van der Waals surface area contributed by atoms with E-state index in [1.165, 1.54) is 11.3 Å². The smallest absolute Gasteiger partial charge is 0.319 e. The molecular weight excluding hydrogens is 312 g/mol. The second-order valence-electron chi connectivity index (χ2n) is 5.75. The Labute approximate surface area is 137 Å². The lowest BCUT2D eigenvalue weighted by molar-refractivity contribution is -0.130. The Kier molecular flexibility index (Phi) is 3.77. The summed E-state index contributed by atoms with van der Waals surface area (Å²) in [5.41, 5.74) is 1.15. The molecule has 0 bridgehead atoms. The van der Waals surface area contributed by atoms with Crippen LogP contribution in [0, 0.1) is 6.92 Å². The van der Waals surface area contributed by atoms with Crippen molar-refractivity contribution in [2.24, 2.45) is 0 Å². The van der Waals surface area contributed by atoms with Gasteiger partial charge in [-0.2, -0.15) is 11.3 Å². The molecule has 1 aromatic carbocycles. The lowest BCUT2D eigenvalue weighted by Gasteiger charge is -2.20. The van der Waals surface area contributed by atoms with Crippen LogP contribution in [0.2, 0.25) is 0 Å². The predicted molar refractivity (Wildman–Crippen MR) is 87.4 cm³/mol. The quantitative estimate of drug-likeness (QED) is 0.693. The van der Waals surface area contributed by atoms with Crippen LogP contribution in [0.5, 0.6) is 0 Å². The number of amides is 3. The van der Waals surface area contributed by atoms with E-state index in [1.54, 1.807) is 25.1 Å². The molecule has 1 unspecified atom stereocenters. The van der Waals surface area contributed by atoms with Gasteiger partial charge in [-0.25, -0.2) is 4.79 Å². The molecule has 1 atom stereocenters. The zero-order valence-electron chi connectivity index (χ0n) is 12.8. The zero-order chi connectivity index (χ0) is 16.6. The third-order valence-corrected chi connectivity index (χ3v) is 4.73. The first kappa shape index (κ1) is 15.4. The normalized spacial score (nSPS) is 20.7. The molecule has 3 rings (SSSR count). The van der Waals surface area contributed by atoms with Crippen LogP contribution in [-0.2, 0) is 10.3 Å². The van der Waals surface area contributed by atoms with Gasteiger partial charge in [-0.05, 0) is 36.2 Å². The minimum atomic E-state index is -1.11. The van der Waals surface area contributed by atoms with Crippen molar-refractivity contribution in [1.29, 1.82) is 0 Å². The van der Waals surface area contributed by atoms with Crippen molar-refractivity contribution in [3.8, 4) is 0 Å². The highest BCUT2D eigenvalue weighted by molar-refractivity contribution is 7.08. The highest BCUT2D eigenvalue weighted by atomic mass is 32.1. The van der Waals surface area contributed by atoms with Gasteiger partial charge in [0.25, 0.3) is 5.91 Å². The summed E-state index contributed by atoms with van der Waals surface area (Å²) in [6.45, 7) is 3.33. The lowest BCUT2D eigenvalue weighted by atomic mass is 9.95. The van der Waals surface area contributed by atoms with Crippen LogP contribution in [0.15, 0.2) is 41.1 Å². The molecule has 0 aliphatic carbocycles. The Morgan fingerprint density at radius 1 is 1.22 bits per heavy atom. The van der Waals surface area contributed by atoms with Gasteiger partial charge in [-0.3, -0.25) is 14.5 Å². The van der Waals surface area contributed by atoms with Crippen LogP contribution >= 0.6 is 11.3 Å². The van der Waals surface area contributed by atoms with Crippen LogP contribution in [0.25, 0.3) is 0 Å². The minimum absolute atomic E-state index is 0.256. The van der Waals surface area contributed by atoms with E-state index in [9.17, 15) is 14.4 Å². The van der Waals surface area contributed by atoms with Gasteiger partial charge in [0.15, 0.2) is 5.78 Å². The van der Waals surface area contributed by atoms with Gasteiger partial charge >= 0.3 is 6.03 Å². The van der Waals surface area contributed by atoms with Crippen LogP contribution in [0.1, 0.15) is 28.4 Å². The Morgan fingerprint density at radius 2 is 1.91 bits per heavy atom. The number of nitrogens with zero attached hydrogens (tertiary/aromatic N) is 1. The van der Waals surface area contributed by atoms with Gasteiger partial charge in [0.2, 0.25) is 0 Å². The molecule has 1 fully saturated rings. The molecular formula is C17H16N2O3S. The van der Waals surface area contributed by atoms with Crippen LogP contribution in [-0.4, -0.2) is 29.2 Å². The van der Waals surface area contributed by atoms with Crippen molar-refractivity contribution in [2.75, 3.05) is 6.54 Å². The fourth-order valence-corrected chi connectivity index (χ4v) is 3.32. The van der Waals surface area contributed by atoms with Crippen LogP contribution in [0.3, 0.4) is 0 Å². The molecule has 2 heterocycles. The predicted octanol–water partition coefficient (Wildman–Crippen LogP) is 2.71. The molecule has 5 nitrogen and oxygen atoms in total. The topological polar surface area (TPSA) is 66.5 Å². The Morgan fingerprint density at radius 3 is 2.52 bits per heavy atom. The van der Waals surface area contributed by atoms with E-state index in [0.717, 1.165) is 16.0 Å². The van der Waals surface area contributed by atoms with Gasteiger partial charge in [0.05, 0.1) is 6.54 Å². The number of ketones is 1. The number of carbonyl (C=O) groups is 3. The van der Waals surface area contributed by atoms with Crippen molar-refractivity contribution in [1.82, 2.24) is 10.2 Å². The number of hydrogen-bond donors (Lipinski definition) is 1. The van der Waals surface area contributed by atoms with Gasteiger partial charge in [-0.1, -0.05) is 29.8 Å². The summed E-state index contributed by atoms with van der Waals surface area (Å²) in [5.74, 6) is -0.663. The molecule has 1 N–H and O–H groups in total. The summed E-state index contributed by atoms with van der Waals surface area (Å²) >= 11 is 1.45. The Bertz CT molecular complexity index is 768. The number of carbonyl (C=O) groups excluding carboxylic acids is 3. The number of Topliss-reactive ketones (excluding diaryl/α,β-unsaturated/α-hetero) is 1. The fourth-order valence-electron chi connectivity index (χ4n) is 2.56. The molecule has 6 heteroatoms. The summed E-state index contributed by atoms with van der Waals surface area (Å²) in [7, 11) is 0. The summed E-state index contributed by atoms with van der Waals surface area (Å²) in [6, 6.07) is 8.32. The highest BCUT2D eigenvalue weighted by Crippen LogP contribution is 2.30. The van der Waals surface area contributed by atoms with Crippen molar-refractivity contribution >= 4 is 29.1 Å². The molecule has 2 aromatic rings. The summed E-state index contributed by atoms with van der Waals surface area (Å²) in [4.78, 5) is 38.1. The zero-order valence-corrected chi connectivity index (χ0v) is 13.6. The second-order valence-corrected chi connectivity index (χ2v) is 6.53. The average Bonchev–Trinajstić information content (AvgIpc) is 3.12. The Balaban J connectivity index is 1.81. The van der Waals surface area contributed by atoms with E-state index in [2.05, 4.69) is 5.32 Å². The van der Waals surface area contributed by atoms with Gasteiger partial charge < -0.3 is 5.32 Å². The number of urea groups is 1. The molecule has 118 valence electrons.